The number of likely N-dealkylation sites (tertiary alicyclic amines) is 1. The standard InChI is InChI=1S/C25H25F3N2O5/c1-32-22-20(35-16-10-17-18(11-16)25(17,27)28)6-5-19(29-22)23(31)30-8-7-24(21(12-30)33-13-34-24)14-3-2-4-15(26)9-14/h2-6,9,16-18,21H,7-8,10-13H2,1H3/t16?,17-,18?,21?,24+/m0/s1. The fourth-order valence-electron chi connectivity index (χ4n) is 5.81. The van der Waals surface area contributed by atoms with E-state index in [0.29, 0.717) is 37.1 Å². The van der Waals surface area contributed by atoms with Gasteiger partial charge in [0.15, 0.2) is 5.75 Å². The van der Waals surface area contributed by atoms with Crippen LogP contribution in [0.25, 0.3) is 0 Å². The van der Waals surface area contributed by atoms with Gasteiger partial charge in [0, 0.05) is 24.8 Å². The molecular formula is C25H25F3N2O5. The number of rotatable bonds is 5. The lowest BCUT2D eigenvalue weighted by Gasteiger charge is -2.41. The van der Waals surface area contributed by atoms with Gasteiger partial charge in [0.25, 0.3) is 17.7 Å². The van der Waals surface area contributed by atoms with Gasteiger partial charge in [-0.2, -0.15) is 0 Å². The number of aromatic nitrogens is 1. The number of ether oxygens (including phenoxy) is 4. The molecule has 2 aliphatic carbocycles. The summed E-state index contributed by atoms with van der Waals surface area (Å²) in [6.07, 6.45) is 0.273. The minimum Gasteiger partial charge on any atom is -0.485 e. The van der Waals surface area contributed by atoms with Gasteiger partial charge in [-0.25, -0.2) is 18.2 Å². The van der Waals surface area contributed by atoms with Crippen LogP contribution in [0.5, 0.6) is 11.6 Å². The zero-order valence-electron chi connectivity index (χ0n) is 19.1. The first-order chi connectivity index (χ1) is 16.8. The van der Waals surface area contributed by atoms with Crippen LogP contribution in [0.1, 0.15) is 35.3 Å². The quantitative estimate of drug-likeness (QED) is 0.636. The van der Waals surface area contributed by atoms with Crippen LogP contribution in [0.4, 0.5) is 13.2 Å². The Bertz CT molecular complexity index is 1150. The van der Waals surface area contributed by atoms with Crippen molar-refractivity contribution >= 4 is 5.91 Å². The van der Waals surface area contributed by atoms with Gasteiger partial charge in [-0.05, 0) is 42.7 Å². The topological polar surface area (TPSA) is 70.1 Å². The maximum atomic E-state index is 13.9. The van der Waals surface area contributed by atoms with Crippen LogP contribution in [0.15, 0.2) is 36.4 Å². The number of amides is 1. The van der Waals surface area contributed by atoms with E-state index < -0.39 is 29.5 Å². The summed E-state index contributed by atoms with van der Waals surface area (Å²) in [4.78, 5) is 19.2. The van der Waals surface area contributed by atoms with Gasteiger partial charge in [-0.1, -0.05) is 12.1 Å². The third-order valence-electron chi connectivity index (χ3n) is 7.78. The lowest BCUT2D eigenvalue weighted by molar-refractivity contribution is -0.0441. The van der Waals surface area contributed by atoms with E-state index >= 15 is 0 Å². The summed E-state index contributed by atoms with van der Waals surface area (Å²) in [5.41, 5.74) is 0.0587. The van der Waals surface area contributed by atoms with Crippen LogP contribution in [-0.2, 0) is 15.1 Å². The predicted octanol–water partition coefficient (Wildman–Crippen LogP) is 3.77. The Hall–Kier alpha value is -2.85. The van der Waals surface area contributed by atoms with Gasteiger partial charge >= 0.3 is 0 Å². The van der Waals surface area contributed by atoms with Crippen LogP contribution < -0.4 is 9.47 Å². The molecular weight excluding hydrogens is 465 g/mol. The summed E-state index contributed by atoms with van der Waals surface area (Å²) in [5, 5.41) is 0. The first kappa shape index (κ1) is 22.6. The summed E-state index contributed by atoms with van der Waals surface area (Å²) in [5.74, 6) is -3.97. The van der Waals surface area contributed by atoms with E-state index in [2.05, 4.69) is 4.98 Å². The van der Waals surface area contributed by atoms with Crippen LogP contribution in [0, 0.1) is 17.7 Å². The molecule has 1 aromatic heterocycles. The van der Waals surface area contributed by atoms with E-state index in [0.717, 1.165) is 0 Å². The van der Waals surface area contributed by atoms with Crippen molar-refractivity contribution in [2.45, 2.75) is 43.0 Å². The van der Waals surface area contributed by atoms with Crippen LogP contribution in [-0.4, -0.2) is 60.9 Å². The molecule has 7 nitrogen and oxygen atoms in total. The maximum absolute atomic E-state index is 13.9. The molecule has 2 saturated carbocycles. The molecule has 4 fully saturated rings. The largest absolute Gasteiger partial charge is 0.485 e. The predicted molar refractivity (Wildman–Crippen MR) is 116 cm³/mol. The number of carbonyl (C=O) groups is 1. The number of halogens is 3. The molecule has 2 aliphatic heterocycles. The summed E-state index contributed by atoms with van der Waals surface area (Å²) in [7, 11) is 1.42. The second kappa shape index (κ2) is 8.09. The second-order valence-corrected chi connectivity index (χ2v) is 9.62. The van der Waals surface area contributed by atoms with Gasteiger partial charge in [0.2, 0.25) is 0 Å². The first-order valence-corrected chi connectivity index (χ1v) is 11.7. The Balaban J connectivity index is 1.15. The molecule has 3 heterocycles. The molecule has 0 spiro atoms. The number of pyridine rings is 1. The zero-order valence-corrected chi connectivity index (χ0v) is 19.1. The van der Waals surface area contributed by atoms with Crippen molar-refractivity contribution in [3.63, 3.8) is 0 Å². The zero-order chi connectivity index (χ0) is 24.4. The van der Waals surface area contributed by atoms with Gasteiger partial charge in [0.1, 0.15) is 36.1 Å². The van der Waals surface area contributed by atoms with E-state index in [1.165, 1.54) is 19.2 Å². The number of piperidine rings is 1. The van der Waals surface area contributed by atoms with Crippen LogP contribution >= 0.6 is 0 Å². The molecule has 0 N–H and O–H groups in total. The third-order valence-corrected chi connectivity index (χ3v) is 7.78. The normalized spacial score (nSPS) is 32.6. The number of hydrogen-bond acceptors (Lipinski definition) is 6. The SMILES string of the molecule is COc1nc(C(=O)N2CC[C@]3(c4cccc(F)c4)OCOC3C2)ccc1OC1CC2[C@H](C1)C2(F)F. The maximum Gasteiger partial charge on any atom is 0.272 e. The number of hydrogen-bond donors (Lipinski definition) is 0. The molecule has 186 valence electrons. The van der Waals surface area contributed by atoms with Gasteiger partial charge < -0.3 is 23.8 Å². The molecule has 3 unspecified atom stereocenters. The number of alkyl halides is 2. The molecule has 10 heteroatoms. The molecule has 0 radical (unpaired) electrons. The summed E-state index contributed by atoms with van der Waals surface area (Å²) >= 11 is 0. The van der Waals surface area contributed by atoms with E-state index in [1.54, 1.807) is 23.1 Å². The number of benzene rings is 1. The van der Waals surface area contributed by atoms with Crippen LogP contribution in [0.2, 0.25) is 0 Å². The average molecular weight is 490 g/mol. The van der Waals surface area contributed by atoms with Gasteiger partial charge in [-0.3, -0.25) is 4.79 Å². The van der Waals surface area contributed by atoms with Crippen LogP contribution in [0.3, 0.4) is 0 Å². The molecule has 2 saturated heterocycles. The fourth-order valence-corrected chi connectivity index (χ4v) is 5.81. The van der Waals surface area contributed by atoms with Crippen molar-refractivity contribution in [1.82, 2.24) is 9.88 Å². The molecule has 2 aromatic rings. The molecule has 4 aliphatic rings. The van der Waals surface area contributed by atoms with Crippen molar-refractivity contribution in [2.75, 3.05) is 27.0 Å². The lowest BCUT2D eigenvalue weighted by Crippen LogP contribution is -2.53. The van der Waals surface area contributed by atoms with E-state index in [-0.39, 0.29) is 42.7 Å². The van der Waals surface area contributed by atoms with Gasteiger partial charge in [-0.15, -0.1) is 0 Å². The smallest absolute Gasteiger partial charge is 0.272 e. The Morgan fingerprint density at radius 2 is 2.00 bits per heavy atom. The van der Waals surface area contributed by atoms with Crippen molar-refractivity contribution < 1.29 is 36.9 Å². The highest BCUT2D eigenvalue weighted by atomic mass is 19.3. The number of fused-ring (bicyclic) bond motifs is 2. The summed E-state index contributed by atoms with van der Waals surface area (Å²) in [6.45, 7) is 0.698. The fraction of sp³-hybridized carbons (Fsp3) is 0.520. The van der Waals surface area contributed by atoms with E-state index in [9.17, 15) is 18.0 Å². The van der Waals surface area contributed by atoms with E-state index in [1.807, 2.05) is 6.07 Å². The highest BCUT2D eigenvalue weighted by molar-refractivity contribution is 5.92. The highest BCUT2D eigenvalue weighted by Crippen LogP contribution is 2.64. The summed E-state index contributed by atoms with van der Waals surface area (Å²) in [6, 6.07) is 9.40. The molecule has 5 atom stereocenters. The Morgan fingerprint density at radius 1 is 1.20 bits per heavy atom. The molecule has 35 heavy (non-hydrogen) atoms. The number of methoxy groups -OCH3 is 1. The lowest BCUT2D eigenvalue weighted by atomic mass is 9.82. The molecule has 1 amide bonds. The Labute approximate surface area is 200 Å². The average Bonchev–Trinajstić information content (AvgIpc) is 3.27. The molecule has 0 bridgehead atoms. The van der Waals surface area contributed by atoms with Gasteiger partial charge in [0.05, 0.1) is 13.7 Å². The third kappa shape index (κ3) is 3.65. The first-order valence-electron chi connectivity index (χ1n) is 11.7. The Kier molecular flexibility index (Phi) is 5.23. The number of carbonyl (C=O) groups excluding carboxylic acids is 1. The molecule has 6 rings (SSSR count). The monoisotopic (exact) mass is 490 g/mol. The van der Waals surface area contributed by atoms with Crippen molar-refractivity contribution in [3.8, 4) is 11.6 Å². The Morgan fingerprint density at radius 3 is 2.74 bits per heavy atom. The van der Waals surface area contributed by atoms with Crippen molar-refractivity contribution in [3.05, 3.63) is 53.5 Å². The molecule has 1 aromatic carbocycles. The van der Waals surface area contributed by atoms with E-state index in [4.69, 9.17) is 18.9 Å². The minimum absolute atomic E-state index is 0.0656. The number of nitrogens with zero attached hydrogens (tertiary/aromatic N) is 2. The second-order valence-electron chi connectivity index (χ2n) is 9.62. The minimum atomic E-state index is -2.56. The van der Waals surface area contributed by atoms with Crippen molar-refractivity contribution in [2.24, 2.45) is 11.8 Å². The summed E-state index contributed by atoms with van der Waals surface area (Å²) < 4.78 is 63.7. The highest BCUT2D eigenvalue weighted by Gasteiger charge is 2.72. The van der Waals surface area contributed by atoms with Crippen molar-refractivity contribution in [1.29, 1.82) is 0 Å².